The molecule has 0 aliphatic rings. The zero-order valence-electron chi connectivity index (χ0n) is 18.3. The van der Waals surface area contributed by atoms with Gasteiger partial charge in [0.05, 0.1) is 0 Å². The molecule has 0 aromatic heterocycles. The number of hydrogen-bond donors (Lipinski definition) is 1. The Labute approximate surface area is 187 Å². The maximum absolute atomic E-state index is 13.3. The summed E-state index contributed by atoms with van der Waals surface area (Å²) in [6.07, 6.45) is 0.366. The van der Waals surface area contributed by atoms with Crippen LogP contribution in [0.3, 0.4) is 0 Å². The molecule has 5 nitrogen and oxygen atoms in total. The minimum absolute atomic E-state index is 0.0440. The van der Waals surface area contributed by atoms with E-state index in [9.17, 15) is 14.4 Å². The van der Waals surface area contributed by atoms with E-state index in [4.69, 9.17) is 4.74 Å². The van der Waals surface area contributed by atoms with Gasteiger partial charge in [-0.05, 0) is 25.5 Å². The molecule has 0 radical (unpaired) electrons. The van der Waals surface area contributed by atoms with Crippen LogP contribution in [0.1, 0.15) is 45.6 Å². The van der Waals surface area contributed by atoms with Gasteiger partial charge in [0.2, 0.25) is 11.7 Å². The van der Waals surface area contributed by atoms with Gasteiger partial charge >= 0.3 is 5.97 Å². The highest BCUT2D eigenvalue weighted by Crippen LogP contribution is 2.25. The van der Waals surface area contributed by atoms with Crippen LogP contribution in [0.15, 0.2) is 84.6 Å². The molecule has 0 spiro atoms. The first-order valence-electron chi connectivity index (χ1n) is 10.3. The van der Waals surface area contributed by atoms with Crippen LogP contribution in [0.2, 0.25) is 0 Å². The van der Waals surface area contributed by atoms with Crippen molar-refractivity contribution >= 4 is 23.7 Å². The third kappa shape index (κ3) is 6.01. The van der Waals surface area contributed by atoms with E-state index in [-0.39, 0.29) is 11.5 Å². The lowest BCUT2D eigenvalue weighted by Crippen LogP contribution is -2.29. The number of hydrogen-bond acceptors (Lipinski definition) is 4. The van der Waals surface area contributed by atoms with Gasteiger partial charge in [-0.2, -0.15) is 0 Å². The first-order chi connectivity index (χ1) is 15.3. The molecule has 0 aliphatic carbocycles. The van der Waals surface area contributed by atoms with E-state index < -0.39 is 18.0 Å². The molecule has 1 amide bonds. The standard InChI is InChI=1S/C27H25NO4/c1-18-9-13-22(14-10-18)25(30)26(23-15-11-19(2)12-16-23)32-27(31)24(28-20(3)29)17-21-7-5-4-6-8-21/h4-17,26H,1-3H3,(H,28,29)/b24-17+/t26-/m1/s1. The summed E-state index contributed by atoms with van der Waals surface area (Å²) in [4.78, 5) is 38.1. The molecule has 0 saturated carbocycles. The SMILES string of the molecule is CC(=O)N/C(=C/c1ccccc1)C(=O)O[C@@H](C(=O)c1ccc(C)cc1)c1ccc(C)cc1. The quantitative estimate of drug-likeness (QED) is 0.329. The van der Waals surface area contributed by atoms with E-state index in [0.717, 1.165) is 11.1 Å². The number of benzene rings is 3. The normalized spacial score (nSPS) is 12.0. The number of nitrogens with one attached hydrogen (secondary N) is 1. The van der Waals surface area contributed by atoms with Crippen molar-refractivity contribution in [3.8, 4) is 0 Å². The predicted molar refractivity (Wildman–Crippen MR) is 124 cm³/mol. The first-order valence-corrected chi connectivity index (χ1v) is 10.3. The van der Waals surface area contributed by atoms with Gasteiger partial charge in [-0.1, -0.05) is 90.0 Å². The molecule has 0 fully saturated rings. The largest absolute Gasteiger partial charge is 0.444 e. The van der Waals surface area contributed by atoms with Crippen molar-refractivity contribution in [1.82, 2.24) is 5.32 Å². The monoisotopic (exact) mass is 427 g/mol. The molecule has 0 aliphatic heterocycles. The Balaban J connectivity index is 1.96. The second kappa shape index (κ2) is 10.4. The molecule has 0 unspecified atom stereocenters. The molecule has 0 heterocycles. The molecule has 3 aromatic carbocycles. The second-order valence-corrected chi connectivity index (χ2v) is 7.58. The zero-order valence-corrected chi connectivity index (χ0v) is 18.3. The predicted octanol–water partition coefficient (Wildman–Crippen LogP) is 4.95. The van der Waals surface area contributed by atoms with Gasteiger partial charge in [0.1, 0.15) is 5.70 Å². The van der Waals surface area contributed by atoms with Crippen LogP contribution in [0.4, 0.5) is 0 Å². The molecule has 0 saturated heterocycles. The summed E-state index contributed by atoms with van der Waals surface area (Å²) in [6.45, 7) is 5.17. The Hall–Kier alpha value is -3.99. The number of Topliss-reactive ketones (excluding diaryl/α,β-unsaturated/α-hetero) is 1. The highest BCUT2D eigenvalue weighted by Gasteiger charge is 2.28. The van der Waals surface area contributed by atoms with Gasteiger partial charge in [-0.25, -0.2) is 4.79 Å². The topological polar surface area (TPSA) is 72.5 Å². The van der Waals surface area contributed by atoms with E-state index in [2.05, 4.69) is 5.32 Å². The summed E-state index contributed by atoms with van der Waals surface area (Å²) < 4.78 is 5.69. The molecule has 0 bridgehead atoms. The maximum Gasteiger partial charge on any atom is 0.355 e. The lowest BCUT2D eigenvalue weighted by molar-refractivity contribution is -0.143. The summed E-state index contributed by atoms with van der Waals surface area (Å²) >= 11 is 0. The summed E-state index contributed by atoms with van der Waals surface area (Å²) in [5, 5.41) is 2.52. The van der Waals surface area contributed by atoms with Crippen LogP contribution in [-0.4, -0.2) is 17.7 Å². The number of ether oxygens (including phenoxy) is 1. The van der Waals surface area contributed by atoms with E-state index >= 15 is 0 Å². The highest BCUT2D eigenvalue weighted by molar-refractivity contribution is 6.03. The molecular weight excluding hydrogens is 402 g/mol. The fourth-order valence-electron chi connectivity index (χ4n) is 3.11. The lowest BCUT2D eigenvalue weighted by atomic mass is 9.98. The van der Waals surface area contributed by atoms with E-state index in [0.29, 0.717) is 16.7 Å². The van der Waals surface area contributed by atoms with Crippen LogP contribution in [-0.2, 0) is 14.3 Å². The lowest BCUT2D eigenvalue weighted by Gasteiger charge is -2.19. The van der Waals surface area contributed by atoms with Crippen LogP contribution < -0.4 is 5.32 Å². The van der Waals surface area contributed by atoms with Crippen LogP contribution >= 0.6 is 0 Å². The number of carbonyl (C=O) groups excluding carboxylic acids is 3. The zero-order chi connectivity index (χ0) is 23.1. The van der Waals surface area contributed by atoms with Gasteiger partial charge in [0, 0.05) is 18.1 Å². The summed E-state index contributed by atoms with van der Waals surface area (Å²) in [7, 11) is 0. The first kappa shape index (κ1) is 22.7. The summed E-state index contributed by atoms with van der Waals surface area (Å²) in [5.41, 5.74) is 3.69. The van der Waals surface area contributed by atoms with Gasteiger partial charge in [0.15, 0.2) is 6.10 Å². The molecule has 1 atom stereocenters. The maximum atomic E-state index is 13.3. The van der Waals surface area contributed by atoms with Crippen molar-refractivity contribution < 1.29 is 19.1 Å². The average Bonchev–Trinajstić information content (AvgIpc) is 2.78. The van der Waals surface area contributed by atoms with E-state index in [1.54, 1.807) is 36.4 Å². The number of esters is 1. The Morgan fingerprint density at radius 2 is 1.38 bits per heavy atom. The van der Waals surface area contributed by atoms with Crippen LogP contribution in [0.5, 0.6) is 0 Å². The molecular formula is C27H25NO4. The van der Waals surface area contributed by atoms with Crippen molar-refractivity contribution in [2.45, 2.75) is 26.9 Å². The molecule has 162 valence electrons. The van der Waals surface area contributed by atoms with Crippen molar-refractivity contribution in [1.29, 1.82) is 0 Å². The molecule has 32 heavy (non-hydrogen) atoms. The van der Waals surface area contributed by atoms with Gasteiger partial charge in [-0.15, -0.1) is 0 Å². The van der Waals surface area contributed by atoms with E-state index in [1.807, 2.05) is 56.3 Å². The molecule has 3 aromatic rings. The Morgan fingerprint density at radius 3 is 1.94 bits per heavy atom. The van der Waals surface area contributed by atoms with Crippen molar-refractivity contribution in [2.24, 2.45) is 0 Å². The van der Waals surface area contributed by atoms with Crippen molar-refractivity contribution in [2.75, 3.05) is 0 Å². The van der Waals surface area contributed by atoms with Gasteiger partial charge in [0.25, 0.3) is 0 Å². The minimum atomic E-state index is -1.15. The van der Waals surface area contributed by atoms with Crippen LogP contribution in [0, 0.1) is 13.8 Å². The number of amides is 1. The average molecular weight is 428 g/mol. The number of carbonyl (C=O) groups is 3. The molecule has 5 heteroatoms. The highest BCUT2D eigenvalue weighted by atomic mass is 16.5. The third-order valence-electron chi connectivity index (χ3n) is 4.82. The summed E-state index contributed by atoms with van der Waals surface area (Å²) in [5.74, 6) is -1.56. The molecule has 1 N–H and O–H groups in total. The second-order valence-electron chi connectivity index (χ2n) is 7.58. The van der Waals surface area contributed by atoms with Crippen molar-refractivity contribution in [3.63, 3.8) is 0 Å². The Morgan fingerprint density at radius 1 is 0.812 bits per heavy atom. The van der Waals surface area contributed by atoms with Gasteiger partial charge < -0.3 is 10.1 Å². The van der Waals surface area contributed by atoms with Crippen LogP contribution in [0.25, 0.3) is 6.08 Å². The fourth-order valence-corrected chi connectivity index (χ4v) is 3.11. The smallest absolute Gasteiger partial charge is 0.355 e. The number of aryl methyl sites for hydroxylation is 2. The number of ketones is 1. The van der Waals surface area contributed by atoms with Gasteiger partial charge in [-0.3, -0.25) is 9.59 Å². The minimum Gasteiger partial charge on any atom is -0.444 e. The Bertz CT molecular complexity index is 1130. The fraction of sp³-hybridized carbons (Fsp3) is 0.148. The Kier molecular flexibility index (Phi) is 7.34. The number of rotatable bonds is 7. The van der Waals surface area contributed by atoms with Crippen molar-refractivity contribution in [3.05, 3.63) is 112 Å². The van der Waals surface area contributed by atoms with E-state index in [1.165, 1.54) is 13.0 Å². The molecule has 3 rings (SSSR count). The third-order valence-corrected chi connectivity index (χ3v) is 4.82. The summed E-state index contributed by atoms with van der Waals surface area (Å²) in [6, 6.07) is 23.4.